The van der Waals surface area contributed by atoms with E-state index in [2.05, 4.69) is 0 Å². The smallest absolute Gasteiger partial charge is 0.0899 e. The zero-order chi connectivity index (χ0) is 10.5. The third kappa shape index (κ3) is 5.24. The molecule has 0 amide bonds. The Morgan fingerprint density at radius 2 is 1.85 bits per heavy atom. The molecule has 3 N–H and O–H groups in total. The van der Waals surface area contributed by atoms with Crippen LogP contribution in [0.4, 0.5) is 0 Å². The number of hydrogen-bond donors (Lipinski definition) is 3. The highest BCUT2D eigenvalue weighted by Gasteiger charge is 2.27. The van der Waals surface area contributed by atoms with Gasteiger partial charge in [0.15, 0.2) is 0 Å². The van der Waals surface area contributed by atoms with Gasteiger partial charge < -0.3 is 15.3 Å². The van der Waals surface area contributed by atoms with Crippen molar-refractivity contribution < 1.29 is 15.3 Å². The van der Waals surface area contributed by atoms with Crippen molar-refractivity contribution in [3.05, 3.63) is 0 Å². The molecule has 0 aromatic heterocycles. The quantitative estimate of drug-likeness (QED) is 0.583. The van der Waals surface area contributed by atoms with E-state index in [-0.39, 0.29) is 13.0 Å². The van der Waals surface area contributed by atoms with Gasteiger partial charge in [-0.05, 0) is 18.8 Å². The second-order valence-corrected chi connectivity index (χ2v) is 4.22. The van der Waals surface area contributed by atoms with Gasteiger partial charge in [0, 0.05) is 6.42 Å². The molecule has 0 saturated carbocycles. The SMILES string of the molecule is CCC(O)(CO)CC(O)CC(C)C. The van der Waals surface area contributed by atoms with Crippen molar-refractivity contribution in [1.82, 2.24) is 0 Å². The van der Waals surface area contributed by atoms with Crippen molar-refractivity contribution in [3.63, 3.8) is 0 Å². The molecule has 0 aromatic carbocycles. The summed E-state index contributed by atoms with van der Waals surface area (Å²) < 4.78 is 0. The van der Waals surface area contributed by atoms with Crippen LogP contribution in [0.1, 0.15) is 40.0 Å². The van der Waals surface area contributed by atoms with Crippen LogP contribution < -0.4 is 0 Å². The van der Waals surface area contributed by atoms with Crippen LogP contribution in [0.2, 0.25) is 0 Å². The Kier molecular flexibility index (Phi) is 5.53. The first-order valence-corrected chi connectivity index (χ1v) is 4.95. The van der Waals surface area contributed by atoms with E-state index in [4.69, 9.17) is 5.11 Å². The molecule has 0 aliphatic heterocycles. The standard InChI is InChI=1S/C10H22O3/c1-4-10(13,7-11)6-9(12)5-8(2)3/h8-9,11-13H,4-7H2,1-3H3. The van der Waals surface area contributed by atoms with Crippen LogP contribution in [0.5, 0.6) is 0 Å². The predicted molar refractivity (Wildman–Crippen MR) is 52.4 cm³/mol. The lowest BCUT2D eigenvalue weighted by molar-refractivity contribution is -0.0554. The summed E-state index contributed by atoms with van der Waals surface area (Å²) in [6.07, 6.45) is 0.885. The highest BCUT2D eigenvalue weighted by atomic mass is 16.3. The zero-order valence-electron chi connectivity index (χ0n) is 8.82. The van der Waals surface area contributed by atoms with E-state index in [1.807, 2.05) is 13.8 Å². The number of hydrogen-bond acceptors (Lipinski definition) is 3. The highest BCUT2D eigenvalue weighted by Crippen LogP contribution is 2.20. The first kappa shape index (κ1) is 12.9. The predicted octanol–water partition coefficient (Wildman–Crippen LogP) is 0.917. The topological polar surface area (TPSA) is 60.7 Å². The monoisotopic (exact) mass is 190 g/mol. The minimum atomic E-state index is -1.10. The fourth-order valence-electron chi connectivity index (χ4n) is 1.39. The Balaban J connectivity index is 3.94. The summed E-state index contributed by atoms with van der Waals surface area (Å²) in [5.74, 6) is 0.412. The van der Waals surface area contributed by atoms with Crippen molar-refractivity contribution in [2.45, 2.75) is 51.7 Å². The van der Waals surface area contributed by atoms with Crippen molar-refractivity contribution in [2.75, 3.05) is 6.61 Å². The van der Waals surface area contributed by atoms with Gasteiger partial charge in [0.25, 0.3) is 0 Å². The molecule has 13 heavy (non-hydrogen) atoms. The maximum absolute atomic E-state index is 9.70. The molecule has 2 unspecified atom stereocenters. The normalized spacial score (nSPS) is 18.7. The molecule has 0 aliphatic carbocycles. The number of aliphatic hydroxyl groups excluding tert-OH is 2. The van der Waals surface area contributed by atoms with Crippen molar-refractivity contribution in [2.24, 2.45) is 5.92 Å². The zero-order valence-corrected chi connectivity index (χ0v) is 8.82. The molecule has 0 fully saturated rings. The molecule has 80 valence electrons. The van der Waals surface area contributed by atoms with Gasteiger partial charge in [-0.15, -0.1) is 0 Å². The average molecular weight is 190 g/mol. The van der Waals surface area contributed by atoms with Crippen LogP contribution in [-0.4, -0.2) is 33.6 Å². The molecule has 0 heterocycles. The fraction of sp³-hybridized carbons (Fsp3) is 1.00. The maximum atomic E-state index is 9.70. The van der Waals surface area contributed by atoms with Crippen LogP contribution >= 0.6 is 0 Å². The third-order valence-electron chi connectivity index (χ3n) is 2.31. The lowest BCUT2D eigenvalue weighted by Crippen LogP contribution is -2.36. The lowest BCUT2D eigenvalue weighted by Gasteiger charge is -2.27. The third-order valence-corrected chi connectivity index (χ3v) is 2.31. The molecular formula is C10H22O3. The summed E-state index contributed by atoms with van der Waals surface area (Å²) in [4.78, 5) is 0. The molecule has 0 rings (SSSR count). The molecule has 0 aromatic rings. The molecule has 3 heteroatoms. The van der Waals surface area contributed by atoms with Gasteiger partial charge in [0.2, 0.25) is 0 Å². The van der Waals surface area contributed by atoms with E-state index in [0.717, 1.165) is 0 Å². The van der Waals surface area contributed by atoms with Gasteiger partial charge in [-0.3, -0.25) is 0 Å². The van der Waals surface area contributed by atoms with E-state index in [9.17, 15) is 10.2 Å². The van der Waals surface area contributed by atoms with Crippen LogP contribution in [0.25, 0.3) is 0 Å². The number of rotatable bonds is 6. The molecule has 0 bridgehead atoms. The second kappa shape index (κ2) is 5.58. The molecule has 0 radical (unpaired) electrons. The molecule has 2 atom stereocenters. The highest BCUT2D eigenvalue weighted by molar-refractivity contribution is 4.79. The van der Waals surface area contributed by atoms with Crippen LogP contribution in [0, 0.1) is 5.92 Å². The summed E-state index contributed by atoms with van der Waals surface area (Å²) in [7, 11) is 0. The molecule has 0 saturated heterocycles. The number of aliphatic hydroxyl groups is 3. The Labute approximate surface area is 80.4 Å². The summed E-state index contributed by atoms with van der Waals surface area (Å²) in [5, 5.41) is 28.2. The Morgan fingerprint density at radius 1 is 1.31 bits per heavy atom. The Morgan fingerprint density at radius 3 is 2.15 bits per heavy atom. The molecule has 0 aliphatic rings. The first-order chi connectivity index (χ1) is 5.93. The Bertz CT molecular complexity index is 130. The van der Waals surface area contributed by atoms with Crippen molar-refractivity contribution >= 4 is 0 Å². The van der Waals surface area contributed by atoms with Gasteiger partial charge in [-0.1, -0.05) is 20.8 Å². The van der Waals surface area contributed by atoms with Crippen LogP contribution in [0.3, 0.4) is 0 Å². The Hall–Kier alpha value is -0.120. The largest absolute Gasteiger partial charge is 0.393 e. The fourth-order valence-corrected chi connectivity index (χ4v) is 1.39. The van der Waals surface area contributed by atoms with Gasteiger partial charge >= 0.3 is 0 Å². The van der Waals surface area contributed by atoms with Crippen molar-refractivity contribution in [3.8, 4) is 0 Å². The van der Waals surface area contributed by atoms with Crippen LogP contribution in [0.15, 0.2) is 0 Å². The lowest BCUT2D eigenvalue weighted by atomic mass is 9.91. The molecule has 0 spiro atoms. The van der Waals surface area contributed by atoms with Crippen LogP contribution in [-0.2, 0) is 0 Å². The summed E-state index contributed by atoms with van der Waals surface area (Å²) >= 11 is 0. The van der Waals surface area contributed by atoms with Gasteiger partial charge in [-0.2, -0.15) is 0 Å². The molecule has 3 nitrogen and oxygen atoms in total. The molecular weight excluding hydrogens is 168 g/mol. The first-order valence-electron chi connectivity index (χ1n) is 4.95. The average Bonchev–Trinajstić information content (AvgIpc) is 2.02. The van der Waals surface area contributed by atoms with E-state index in [0.29, 0.717) is 18.8 Å². The summed E-state index contributed by atoms with van der Waals surface area (Å²) in [6.45, 7) is 5.57. The van der Waals surface area contributed by atoms with E-state index < -0.39 is 11.7 Å². The van der Waals surface area contributed by atoms with Gasteiger partial charge in [0.05, 0.1) is 18.3 Å². The van der Waals surface area contributed by atoms with Crippen molar-refractivity contribution in [1.29, 1.82) is 0 Å². The van der Waals surface area contributed by atoms with E-state index >= 15 is 0 Å². The summed E-state index contributed by atoms with van der Waals surface area (Å²) in [6, 6.07) is 0. The van der Waals surface area contributed by atoms with Gasteiger partial charge in [0.1, 0.15) is 0 Å². The van der Waals surface area contributed by atoms with E-state index in [1.54, 1.807) is 6.92 Å². The maximum Gasteiger partial charge on any atom is 0.0899 e. The minimum Gasteiger partial charge on any atom is -0.393 e. The summed E-state index contributed by atoms with van der Waals surface area (Å²) in [5.41, 5.74) is -1.10. The van der Waals surface area contributed by atoms with E-state index in [1.165, 1.54) is 0 Å². The van der Waals surface area contributed by atoms with Gasteiger partial charge in [-0.25, -0.2) is 0 Å². The minimum absolute atomic E-state index is 0.262. The second-order valence-electron chi connectivity index (χ2n) is 4.22.